The average molecular weight is 557 g/mol. The highest BCUT2D eigenvalue weighted by atomic mass is 32.1. The molecule has 2 aliphatic heterocycles. The molecule has 0 aliphatic carbocycles. The molecule has 11 heteroatoms. The lowest BCUT2D eigenvalue weighted by Gasteiger charge is -2.45. The molecule has 0 aromatic heterocycles. The van der Waals surface area contributed by atoms with E-state index in [4.69, 9.17) is 0 Å². The van der Waals surface area contributed by atoms with Crippen LogP contribution in [0.4, 0.5) is 26.3 Å². The van der Waals surface area contributed by atoms with Crippen LogP contribution in [0.15, 0.2) is 23.5 Å². The highest BCUT2D eigenvalue weighted by Crippen LogP contribution is 2.52. The Labute approximate surface area is 220 Å². The number of ketones is 2. The van der Waals surface area contributed by atoms with Crippen molar-refractivity contribution in [1.29, 1.82) is 0 Å². The average Bonchev–Trinajstić information content (AvgIpc) is 2.70. The van der Waals surface area contributed by atoms with Gasteiger partial charge in [-0.2, -0.15) is 39.0 Å². The molecule has 0 bridgehead atoms. The number of allylic oxidation sites excluding steroid dienone is 2. The maximum absolute atomic E-state index is 15.2. The lowest BCUT2D eigenvalue weighted by atomic mass is 9.73. The first-order valence-corrected chi connectivity index (χ1v) is 12.6. The third kappa shape index (κ3) is 5.57. The fraction of sp³-hybridized carbons (Fsp3) is 0.769. The standard InChI is InChI=1S/C26H38F6N2O2S/c1-20(2,3)33-12-10-21(4,5)16(14-33)18(35)24(27,28)26(31,32)25(29,30)19(36)17-15-34(23(8,9)37)13-11-22(17,6)7/h14-15,37H,10-13H2,1-9H3. The van der Waals surface area contributed by atoms with Gasteiger partial charge in [-0.15, -0.1) is 0 Å². The minimum absolute atomic E-state index is 0.120. The molecule has 0 fully saturated rings. The fourth-order valence-electron chi connectivity index (χ4n) is 4.37. The number of halogens is 6. The fourth-order valence-corrected chi connectivity index (χ4v) is 4.53. The SMILES string of the molecule is CC1(C)CCN(C(C)(C)C)C=C1C(=O)C(F)(F)C(F)(F)C(F)(F)C(=O)C1=CN(C(C)(C)S)CCC1(C)C. The lowest BCUT2D eigenvalue weighted by molar-refractivity contribution is -0.283. The first-order valence-electron chi connectivity index (χ1n) is 12.1. The number of hydrogen-bond donors (Lipinski definition) is 1. The molecule has 2 aliphatic rings. The van der Waals surface area contributed by atoms with Crippen molar-refractivity contribution < 1.29 is 35.9 Å². The molecule has 0 aromatic rings. The zero-order valence-corrected chi connectivity index (χ0v) is 23.8. The van der Waals surface area contributed by atoms with Crippen LogP contribution in [0.3, 0.4) is 0 Å². The van der Waals surface area contributed by atoms with Crippen LogP contribution in [0.2, 0.25) is 0 Å². The molecule has 0 radical (unpaired) electrons. The van der Waals surface area contributed by atoms with Gasteiger partial charge in [-0.05, 0) is 58.3 Å². The molecule has 2 heterocycles. The number of carbonyl (C=O) groups excluding carboxylic acids is 2. The Morgan fingerprint density at radius 1 is 0.730 bits per heavy atom. The molecule has 0 aromatic carbocycles. The molecule has 0 atom stereocenters. The summed E-state index contributed by atoms with van der Waals surface area (Å²) in [6.07, 6.45) is 2.32. The third-order valence-electron chi connectivity index (χ3n) is 7.40. The van der Waals surface area contributed by atoms with Crippen LogP contribution in [0.1, 0.15) is 75.2 Å². The lowest BCUT2D eigenvalue weighted by Crippen LogP contribution is -2.63. The Hall–Kier alpha value is -1.65. The van der Waals surface area contributed by atoms with Crippen LogP contribution in [0.25, 0.3) is 0 Å². The maximum atomic E-state index is 15.2. The van der Waals surface area contributed by atoms with Gasteiger partial charge in [0.05, 0.1) is 4.87 Å². The van der Waals surface area contributed by atoms with Crippen LogP contribution in [0, 0.1) is 10.8 Å². The molecular weight excluding hydrogens is 518 g/mol. The van der Waals surface area contributed by atoms with Crippen LogP contribution in [0.5, 0.6) is 0 Å². The van der Waals surface area contributed by atoms with E-state index in [1.807, 2.05) is 0 Å². The number of rotatable bonds is 7. The first kappa shape index (κ1) is 31.6. The molecule has 4 nitrogen and oxygen atoms in total. The minimum atomic E-state index is -6.29. The van der Waals surface area contributed by atoms with E-state index in [9.17, 15) is 9.59 Å². The number of nitrogens with zero attached hydrogens (tertiary/aromatic N) is 2. The molecule has 212 valence electrons. The zero-order valence-electron chi connectivity index (χ0n) is 22.9. The normalized spacial score (nSPS) is 21.4. The van der Waals surface area contributed by atoms with Gasteiger partial charge in [-0.25, -0.2) is 0 Å². The highest BCUT2D eigenvalue weighted by molar-refractivity contribution is 7.81. The van der Waals surface area contributed by atoms with Gasteiger partial charge in [-0.3, -0.25) is 9.59 Å². The smallest absolute Gasteiger partial charge is 0.372 e. The summed E-state index contributed by atoms with van der Waals surface area (Å²) in [6.45, 7) is 14.7. The third-order valence-corrected chi connectivity index (χ3v) is 7.65. The molecular formula is C26H38F6N2O2S. The number of thiol groups is 1. The summed E-state index contributed by atoms with van der Waals surface area (Å²) in [4.78, 5) is 27.8. The van der Waals surface area contributed by atoms with Gasteiger partial charge in [0.2, 0.25) is 11.6 Å². The Morgan fingerprint density at radius 3 is 1.38 bits per heavy atom. The van der Waals surface area contributed by atoms with Crippen molar-refractivity contribution in [3.8, 4) is 0 Å². The van der Waals surface area contributed by atoms with Gasteiger partial charge in [0.15, 0.2) is 0 Å². The topological polar surface area (TPSA) is 40.6 Å². The van der Waals surface area contributed by atoms with Crippen molar-refractivity contribution in [3.63, 3.8) is 0 Å². The van der Waals surface area contributed by atoms with Crippen molar-refractivity contribution in [3.05, 3.63) is 23.5 Å². The molecule has 0 N–H and O–H groups in total. The summed E-state index contributed by atoms with van der Waals surface area (Å²) in [6, 6.07) is 0. The zero-order chi connectivity index (χ0) is 29.2. The van der Waals surface area contributed by atoms with Gasteiger partial charge >= 0.3 is 17.8 Å². The summed E-state index contributed by atoms with van der Waals surface area (Å²) < 4.78 is 91.0. The van der Waals surface area contributed by atoms with Gasteiger partial charge in [-0.1, -0.05) is 27.7 Å². The van der Waals surface area contributed by atoms with E-state index >= 15 is 26.3 Å². The van der Waals surface area contributed by atoms with Crippen molar-refractivity contribution >= 4 is 24.2 Å². The number of Topliss-reactive ketones (excluding diaryl/α,β-unsaturated/α-hetero) is 2. The molecule has 0 spiro atoms. The van der Waals surface area contributed by atoms with E-state index in [1.165, 1.54) is 37.5 Å². The second-order valence-corrected chi connectivity index (χ2v) is 13.9. The molecule has 0 saturated carbocycles. The van der Waals surface area contributed by atoms with Crippen LogP contribution < -0.4 is 0 Å². The second kappa shape index (κ2) is 9.23. The largest absolute Gasteiger partial charge is 0.387 e. The number of hydrogen-bond acceptors (Lipinski definition) is 5. The summed E-state index contributed by atoms with van der Waals surface area (Å²) >= 11 is 4.33. The van der Waals surface area contributed by atoms with E-state index in [0.717, 1.165) is 12.4 Å². The summed E-state index contributed by atoms with van der Waals surface area (Å²) in [5.41, 5.74) is -4.63. The molecule has 0 unspecified atom stereocenters. The van der Waals surface area contributed by atoms with E-state index < -0.39 is 61.7 Å². The maximum Gasteiger partial charge on any atom is 0.387 e. The minimum Gasteiger partial charge on any atom is -0.372 e. The van der Waals surface area contributed by atoms with Crippen molar-refractivity contribution in [2.75, 3.05) is 13.1 Å². The summed E-state index contributed by atoms with van der Waals surface area (Å²) in [7, 11) is 0. The molecule has 37 heavy (non-hydrogen) atoms. The van der Waals surface area contributed by atoms with E-state index in [-0.39, 0.29) is 19.4 Å². The first-order chi connectivity index (χ1) is 16.2. The van der Waals surface area contributed by atoms with E-state index in [0.29, 0.717) is 6.54 Å². The Kier molecular flexibility index (Phi) is 7.87. The second-order valence-electron chi connectivity index (χ2n) is 12.8. The summed E-state index contributed by atoms with van der Waals surface area (Å²) in [5, 5.41) is 0. The van der Waals surface area contributed by atoms with Gasteiger partial charge in [0.25, 0.3) is 0 Å². The quantitative estimate of drug-likeness (QED) is 0.279. The van der Waals surface area contributed by atoms with Crippen LogP contribution in [-0.4, -0.2) is 62.6 Å². The Morgan fingerprint density at radius 2 is 1.05 bits per heavy atom. The van der Waals surface area contributed by atoms with E-state index in [1.54, 1.807) is 34.6 Å². The number of alkyl halides is 6. The van der Waals surface area contributed by atoms with E-state index in [2.05, 4.69) is 12.6 Å². The van der Waals surface area contributed by atoms with Crippen molar-refractivity contribution in [2.24, 2.45) is 10.8 Å². The molecule has 2 rings (SSSR count). The van der Waals surface area contributed by atoms with Crippen LogP contribution in [-0.2, 0) is 9.59 Å². The van der Waals surface area contributed by atoms with Crippen molar-refractivity contribution in [1.82, 2.24) is 9.80 Å². The van der Waals surface area contributed by atoms with Gasteiger partial charge < -0.3 is 9.80 Å². The van der Waals surface area contributed by atoms with Gasteiger partial charge in [0.1, 0.15) is 0 Å². The van der Waals surface area contributed by atoms with Gasteiger partial charge in [0, 0.05) is 42.2 Å². The van der Waals surface area contributed by atoms with Crippen LogP contribution >= 0.6 is 12.6 Å². The Bertz CT molecular complexity index is 926. The molecule has 0 saturated heterocycles. The highest BCUT2D eigenvalue weighted by Gasteiger charge is 2.78. The summed E-state index contributed by atoms with van der Waals surface area (Å²) in [5.74, 6) is -22.9. The predicted octanol–water partition coefficient (Wildman–Crippen LogP) is 6.73. The molecule has 0 amide bonds. The van der Waals surface area contributed by atoms with Crippen molar-refractivity contribution in [2.45, 2.75) is 103 Å². The monoisotopic (exact) mass is 556 g/mol. The number of carbonyl (C=O) groups is 2. The predicted molar refractivity (Wildman–Crippen MR) is 134 cm³/mol. The Balaban J connectivity index is 2.57.